The minimum Gasteiger partial charge on any atom is -0.311 e. The molecular weight excluding hydrogens is 1020 g/mol. The van der Waals surface area contributed by atoms with Crippen LogP contribution in [0.2, 0.25) is 0 Å². The minimum atomic E-state index is -0.179. The Morgan fingerprint density at radius 2 is 0.906 bits per heavy atom. The number of hydrogen-bond donors (Lipinski definition) is 0. The highest BCUT2D eigenvalue weighted by atomic mass is 15.2. The Morgan fingerprint density at radius 3 is 1.46 bits per heavy atom. The molecule has 5 heteroatoms. The molecule has 0 atom stereocenters. The summed E-state index contributed by atoms with van der Waals surface area (Å²) in [5.41, 5.74) is 33.5. The predicted molar refractivity (Wildman–Crippen MR) is 372 cm³/mol. The van der Waals surface area contributed by atoms with Gasteiger partial charge < -0.3 is 14.7 Å². The van der Waals surface area contributed by atoms with Gasteiger partial charge in [-0.05, 0) is 208 Å². The summed E-state index contributed by atoms with van der Waals surface area (Å²) in [5, 5.41) is 0. The van der Waals surface area contributed by atoms with Gasteiger partial charge in [-0.15, -0.1) is 0 Å². The average molecular weight is 1120 g/mol. The van der Waals surface area contributed by atoms with Gasteiger partial charge in [0, 0.05) is 51.1 Å². The molecule has 0 saturated carbocycles. The van der Waals surface area contributed by atoms with Crippen LogP contribution in [-0.4, -0.2) is 14.0 Å². The molecule has 0 N–H and O–H groups in total. The second-order valence-corrected chi connectivity index (χ2v) is 33.4. The van der Waals surface area contributed by atoms with Crippen molar-refractivity contribution in [1.82, 2.24) is 0 Å². The Kier molecular flexibility index (Phi) is 12.6. The van der Waals surface area contributed by atoms with Crippen LogP contribution in [0.5, 0.6) is 0 Å². The monoisotopic (exact) mass is 1120 g/mol. The van der Waals surface area contributed by atoms with Crippen LogP contribution in [0.1, 0.15) is 208 Å². The van der Waals surface area contributed by atoms with Crippen molar-refractivity contribution in [2.24, 2.45) is 0 Å². The zero-order chi connectivity index (χ0) is 60.8. The fourth-order valence-electron chi connectivity index (χ4n) is 16.3. The maximum absolute atomic E-state index is 2.78. The van der Waals surface area contributed by atoms with Gasteiger partial charge in [0.25, 0.3) is 6.71 Å². The average Bonchev–Trinajstić information content (AvgIpc) is 1.52. The van der Waals surface area contributed by atoms with Gasteiger partial charge in [0.05, 0.1) is 5.69 Å². The summed E-state index contributed by atoms with van der Waals surface area (Å²) in [7, 11) is 0.918. The Bertz CT molecular complexity index is 4010. The molecule has 0 bridgehead atoms. The lowest BCUT2D eigenvalue weighted by Gasteiger charge is -2.47. The van der Waals surface area contributed by atoms with E-state index in [0.29, 0.717) is 0 Å². The summed E-state index contributed by atoms with van der Waals surface area (Å²) in [5.74, 6) is 0. The van der Waals surface area contributed by atoms with Crippen LogP contribution >= 0.6 is 0 Å². The molecule has 0 saturated heterocycles. The zero-order valence-electron chi connectivity index (χ0n) is 55.5. The van der Waals surface area contributed by atoms with E-state index in [1.165, 1.54) is 129 Å². The summed E-state index contributed by atoms with van der Waals surface area (Å²) in [4.78, 5) is 8.05. The van der Waals surface area contributed by atoms with Crippen molar-refractivity contribution in [3.8, 4) is 11.1 Å². The number of nitrogens with zero attached hydrogens (tertiary/aromatic N) is 3. The van der Waals surface area contributed by atoms with E-state index >= 15 is 0 Å². The molecule has 3 nitrogen and oxygen atoms in total. The van der Waals surface area contributed by atoms with Gasteiger partial charge in [0.2, 0.25) is 0 Å². The first kappa shape index (κ1) is 57.4. The fraction of sp³-hybridized carbons (Fsp3) is 0.400. The molecule has 3 aliphatic heterocycles. The number of fused-ring (bicyclic) bond motifs is 9. The maximum atomic E-state index is 2.78. The van der Waals surface area contributed by atoms with Crippen LogP contribution < -0.4 is 42.0 Å². The van der Waals surface area contributed by atoms with Crippen LogP contribution in [0.4, 0.5) is 51.2 Å². The largest absolute Gasteiger partial charge is 0.311 e. The molecule has 0 fully saturated rings. The first-order valence-corrected chi connectivity index (χ1v) is 32.1. The van der Waals surface area contributed by atoms with E-state index in [9.17, 15) is 0 Å². The molecule has 0 unspecified atom stereocenters. The van der Waals surface area contributed by atoms with Crippen molar-refractivity contribution in [3.05, 3.63) is 190 Å². The molecule has 8 aromatic carbocycles. The number of rotatable bonds is 5. The summed E-state index contributed by atoms with van der Waals surface area (Å²) < 4.78 is 0. The van der Waals surface area contributed by atoms with Crippen molar-refractivity contribution < 1.29 is 0 Å². The Hall–Kier alpha value is -6.71. The molecule has 8 aromatic rings. The van der Waals surface area contributed by atoms with Crippen molar-refractivity contribution >= 4 is 92.5 Å². The lowest BCUT2D eigenvalue weighted by atomic mass is 9.33. The van der Waals surface area contributed by atoms with E-state index < -0.39 is 0 Å². The first-order chi connectivity index (χ1) is 39.5. The van der Waals surface area contributed by atoms with E-state index in [1.54, 1.807) is 0 Å². The van der Waals surface area contributed by atoms with E-state index in [2.05, 4.69) is 300 Å². The van der Waals surface area contributed by atoms with E-state index in [-0.39, 0.29) is 50.0 Å². The third-order valence-electron chi connectivity index (χ3n) is 21.0. The molecule has 0 radical (unpaired) electrons. The Labute approximate surface area is 513 Å². The number of hydrogen-bond acceptors (Lipinski definition) is 3. The highest BCUT2D eigenvalue weighted by molar-refractivity contribution is 7.00. The lowest BCUT2D eigenvalue weighted by molar-refractivity contribution is 0.332. The first-order valence-electron chi connectivity index (χ1n) is 32.1. The summed E-state index contributed by atoms with van der Waals surface area (Å²) in [6, 6.07) is 56.5. The molecular formula is C80H93B2N3. The third-order valence-corrected chi connectivity index (χ3v) is 21.0. The van der Waals surface area contributed by atoms with E-state index in [0.717, 1.165) is 37.2 Å². The maximum Gasteiger partial charge on any atom is 0.252 e. The highest BCUT2D eigenvalue weighted by Crippen LogP contribution is 2.56. The summed E-state index contributed by atoms with van der Waals surface area (Å²) in [6.07, 6.45) is 3.45. The second-order valence-electron chi connectivity index (χ2n) is 33.4. The summed E-state index contributed by atoms with van der Waals surface area (Å²) >= 11 is 0. The Morgan fingerprint density at radius 1 is 0.424 bits per heavy atom. The fourth-order valence-corrected chi connectivity index (χ4v) is 16.3. The van der Waals surface area contributed by atoms with E-state index in [1.807, 2.05) is 0 Å². The van der Waals surface area contributed by atoms with Crippen LogP contribution in [-0.2, 0) is 43.3 Å². The lowest BCUT2D eigenvalue weighted by Crippen LogP contribution is -2.61. The van der Waals surface area contributed by atoms with Crippen LogP contribution in [0, 0.1) is 6.92 Å². The van der Waals surface area contributed by atoms with Crippen molar-refractivity contribution in [2.45, 2.75) is 208 Å². The molecule has 85 heavy (non-hydrogen) atoms. The van der Waals surface area contributed by atoms with Gasteiger partial charge >= 0.3 is 0 Å². The summed E-state index contributed by atoms with van der Waals surface area (Å²) in [6.45, 7) is 50.6. The number of aryl methyl sites for hydroxylation is 1. The van der Waals surface area contributed by atoms with Crippen molar-refractivity contribution in [2.75, 3.05) is 14.7 Å². The number of benzene rings is 8. The van der Waals surface area contributed by atoms with Gasteiger partial charge in [0.15, 0.2) is 7.28 Å². The van der Waals surface area contributed by atoms with Gasteiger partial charge in [0.1, 0.15) is 0 Å². The van der Waals surface area contributed by atoms with Gasteiger partial charge in [-0.3, -0.25) is 0 Å². The molecule has 3 heterocycles. The zero-order valence-corrected chi connectivity index (χ0v) is 55.5. The van der Waals surface area contributed by atoms with Crippen LogP contribution in [0.3, 0.4) is 0 Å². The molecule has 0 aromatic heterocycles. The predicted octanol–water partition coefficient (Wildman–Crippen LogP) is 18.4. The normalized spacial score (nSPS) is 17.5. The van der Waals surface area contributed by atoms with E-state index in [4.69, 9.17) is 0 Å². The topological polar surface area (TPSA) is 9.72 Å². The molecule has 0 amide bonds. The van der Waals surface area contributed by atoms with Gasteiger partial charge in [-0.1, -0.05) is 222 Å². The van der Waals surface area contributed by atoms with Gasteiger partial charge in [-0.2, -0.15) is 0 Å². The molecule has 0 spiro atoms. The SMILES string of the molecule is Cc1cc2c(cc1N1c3cc4c(cc3B3c5ccc(N(c6ccc(C(C)(C)C)cc6)c6ccc(C(C)(C)C)cc6)cc5N(c5ccc(C(C)(C)C)c6c5-c5ccccc5B6)c5cc(C(C)(C)C)cc1c53)C(C)(C)CC4(C)C)C(C)(C)CCC2(C)C. The Balaban J connectivity index is 1.17. The molecule has 434 valence electrons. The smallest absolute Gasteiger partial charge is 0.252 e. The number of anilines is 9. The molecule has 13 rings (SSSR count). The van der Waals surface area contributed by atoms with Crippen molar-refractivity contribution in [1.29, 1.82) is 0 Å². The minimum absolute atomic E-state index is 0.000820. The second kappa shape index (κ2) is 18.7. The molecule has 2 aliphatic carbocycles. The van der Waals surface area contributed by atoms with Crippen molar-refractivity contribution in [3.63, 3.8) is 0 Å². The third kappa shape index (κ3) is 9.11. The quantitative estimate of drug-likeness (QED) is 0.159. The van der Waals surface area contributed by atoms with Crippen LogP contribution in [0.25, 0.3) is 11.1 Å². The molecule has 5 aliphatic rings. The van der Waals surface area contributed by atoms with Gasteiger partial charge in [-0.25, -0.2) is 0 Å². The standard InChI is InChI=1S/C80H93B2N3/c1-48-40-57-59(78(16,17)39-38-77(57,14)15)45-65(48)85-67-46-60-58(79(18,19)47-80(60,20)21)44-63(67)82-62-36-34-54(83(52-30-26-49(27-31-52)73(2,3)4)53-32-28-50(29-33-53)74(5,6)7)43-66(62)84(68-41-51(75(8,9)10)42-69(85)72(68)82)64-37-35-56(76(11,12)13)71-70(64)55-24-22-23-25-61(55)81-71/h22-37,40-46,81H,38-39,47H2,1-21H3. The highest BCUT2D eigenvalue weighted by Gasteiger charge is 2.50. The van der Waals surface area contributed by atoms with Crippen LogP contribution in [0.15, 0.2) is 140 Å².